The molecule has 2 aromatic heterocycles. The molecule has 0 N–H and O–H groups in total. The van der Waals surface area contributed by atoms with Gasteiger partial charge < -0.3 is 4.74 Å². The topological polar surface area (TPSA) is 89.5 Å². The van der Waals surface area contributed by atoms with Crippen molar-refractivity contribution in [2.75, 3.05) is 17.8 Å². The van der Waals surface area contributed by atoms with Crippen LogP contribution >= 0.6 is 27.3 Å². The molecule has 33 heavy (non-hydrogen) atoms. The van der Waals surface area contributed by atoms with Gasteiger partial charge in [0.2, 0.25) is 5.91 Å². The molecule has 2 aromatic carbocycles. The third-order valence-corrected chi connectivity index (χ3v) is 8.19. The molecule has 0 radical (unpaired) electrons. The van der Waals surface area contributed by atoms with Gasteiger partial charge in [0.1, 0.15) is 5.75 Å². The van der Waals surface area contributed by atoms with E-state index < -0.39 is 9.84 Å². The molecule has 1 amide bonds. The number of benzene rings is 2. The average Bonchev–Trinajstić information content (AvgIpc) is 3.24. The third-order valence-electron chi connectivity index (χ3n) is 4.92. The van der Waals surface area contributed by atoms with Gasteiger partial charge in [0, 0.05) is 17.1 Å². The molecule has 0 saturated heterocycles. The fourth-order valence-electron chi connectivity index (χ4n) is 3.18. The number of ether oxygens (including phenoxy) is 1. The van der Waals surface area contributed by atoms with Gasteiger partial charge in [-0.05, 0) is 54.6 Å². The van der Waals surface area contributed by atoms with Gasteiger partial charge in [0.15, 0.2) is 15.0 Å². The number of carbonyl (C=O) groups is 1. The van der Waals surface area contributed by atoms with Crippen molar-refractivity contribution < 1.29 is 17.9 Å². The first-order chi connectivity index (χ1) is 15.9. The summed E-state index contributed by atoms with van der Waals surface area (Å²) in [7, 11) is -2.13. The van der Waals surface area contributed by atoms with Gasteiger partial charge in [-0.2, -0.15) is 0 Å². The number of rotatable bonds is 8. The molecule has 0 atom stereocenters. The summed E-state index contributed by atoms with van der Waals surface area (Å²) in [6.45, 7) is 0.198. The van der Waals surface area contributed by atoms with Gasteiger partial charge in [0.05, 0.1) is 40.2 Å². The fraction of sp³-hybridized carbons (Fsp3) is 0.174. The van der Waals surface area contributed by atoms with Crippen molar-refractivity contribution in [1.29, 1.82) is 0 Å². The quantitative estimate of drug-likeness (QED) is 0.314. The zero-order chi connectivity index (χ0) is 23.4. The fourth-order valence-corrected chi connectivity index (χ4v) is 5.94. The number of fused-ring (bicyclic) bond motifs is 1. The maximum atomic E-state index is 13.2. The zero-order valence-corrected chi connectivity index (χ0v) is 20.9. The highest BCUT2D eigenvalue weighted by Gasteiger charge is 2.24. The predicted octanol–water partition coefficient (Wildman–Crippen LogP) is 4.86. The minimum atomic E-state index is -3.64. The summed E-state index contributed by atoms with van der Waals surface area (Å²) < 4.78 is 32.5. The molecular weight excluding hydrogens is 526 g/mol. The highest BCUT2D eigenvalue weighted by molar-refractivity contribution is 9.10. The second-order valence-corrected chi connectivity index (χ2v) is 11.2. The standard InChI is InChI=1S/C23H20BrN3O4S2/c1-31-18-6-8-19(9-7-18)33(29,30)13-11-22(28)27(15-17-4-2-3-12-25-17)23-26-20-10-5-16(24)14-21(20)32-23/h2-10,12,14H,11,13,15H2,1H3. The van der Waals surface area contributed by atoms with Crippen LogP contribution in [0.25, 0.3) is 10.2 Å². The molecule has 0 saturated carbocycles. The number of pyridine rings is 1. The number of sulfone groups is 1. The Labute approximate surface area is 204 Å². The Morgan fingerprint density at radius 1 is 1.12 bits per heavy atom. The number of amides is 1. The van der Waals surface area contributed by atoms with Crippen LogP contribution in [0.1, 0.15) is 12.1 Å². The molecular formula is C23H20BrN3O4S2. The van der Waals surface area contributed by atoms with Crippen LogP contribution in [0, 0.1) is 0 Å². The zero-order valence-electron chi connectivity index (χ0n) is 17.6. The SMILES string of the molecule is COc1ccc(S(=O)(=O)CCC(=O)N(Cc2ccccn2)c2nc3ccc(Br)cc3s2)cc1. The summed E-state index contributed by atoms with van der Waals surface area (Å²) in [6, 6.07) is 17.3. The summed E-state index contributed by atoms with van der Waals surface area (Å²) in [4.78, 5) is 23.8. The molecule has 4 aromatic rings. The molecule has 0 fully saturated rings. The normalized spacial score (nSPS) is 11.5. The monoisotopic (exact) mass is 545 g/mol. The largest absolute Gasteiger partial charge is 0.497 e. The lowest BCUT2D eigenvalue weighted by molar-refractivity contribution is -0.118. The second kappa shape index (κ2) is 9.98. The van der Waals surface area contributed by atoms with Crippen molar-refractivity contribution in [2.45, 2.75) is 17.9 Å². The lowest BCUT2D eigenvalue weighted by Gasteiger charge is -2.19. The molecule has 0 aliphatic rings. The molecule has 0 aliphatic carbocycles. The summed E-state index contributed by atoms with van der Waals surface area (Å²) in [5.74, 6) is -0.0854. The molecule has 10 heteroatoms. The Bertz CT molecular complexity index is 1370. The molecule has 7 nitrogen and oxygen atoms in total. The van der Waals surface area contributed by atoms with E-state index in [1.165, 1.54) is 35.5 Å². The van der Waals surface area contributed by atoms with Gasteiger partial charge in [-0.1, -0.05) is 33.3 Å². The Hall–Kier alpha value is -2.82. The molecule has 4 rings (SSSR count). The average molecular weight is 546 g/mol. The van der Waals surface area contributed by atoms with E-state index >= 15 is 0 Å². The second-order valence-electron chi connectivity index (χ2n) is 7.15. The van der Waals surface area contributed by atoms with E-state index in [-0.39, 0.29) is 29.5 Å². The Kier molecular flexibility index (Phi) is 7.06. The number of carbonyl (C=O) groups excluding carboxylic acids is 1. The van der Waals surface area contributed by atoms with Crippen molar-refractivity contribution in [3.8, 4) is 5.75 Å². The number of aromatic nitrogens is 2. The maximum absolute atomic E-state index is 13.2. The first-order valence-electron chi connectivity index (χ1n) is 9.99. The van der Waals surface area contributed by atoms with Gasteiger partial charge >= 0.3 is 0 Å². The van der Waals surface area contributed by atoms with Crippen LogP contribution < -0.4 is 9.64 Å². The number of halogens is 1. The van der Waals surface area contributed by atoms with Crippen LogP contribution in [0.2, 0.25) is 0 Å². The van der Waals surface area contributed by atoms with Crippen LogP contribution in [0.15, 0.2) is 76.2 Å². The minimum absolute atomic E-state index is 0.150. The number of hydrogen-bond donors (Lipinski definition) is 0. The van der Waals surface area contributed by atoms with Crippen LogP contribution in [0.5, 0.6) is 5.75 Å². The van der Waals surface area contributed by atoms with E-state index in [9.17, 15) is 13.2 Å². The summed E-state index contributed by atoms with van der Waals surface area (Å²) in [5, 5.41) is 0.501. The highest BCUT2D eigenvalue weighted by Crippen LogP contribution is 2.32. The minimum Gasteiger partial charge on any atom is -0.497 e. The predicted molar refractivity (Wildman–Crippen MR) is 132 cm³/mol. The van der Waals surface area contributed by atoms with E-state index in [0.29, 0.717) is 16.6 Å². The van der Waals surface area contributed by atoms with E-state index in [0.717, 1.165) is 14.7 Å². The number of methoxy groups -OCH3 is 1. The van der Waals surface area contributed by atoms with Crippen molar-refractivity contribution in [3.63, 3.8) is 0 Å². The van der Waals surface area contributed by atoms with Gasteiger partial charge in [-0.25, -0.2) is 13.4 Å². The summed E-state index contributed by atoms with van der Waals surface area (Å²) in [5.41, 5.74) is 1.45. The Morgan fingerprint density at radius 3 is 2.61 bits per heavy atom. The number of thiazole rings is 1. The van der Waals surface area contributed by atoms with Crippen LogP contribution in [0.4, 0.5) is 5.13 Å². The maximum Gasteiger partial charge on any atom is 0.230 e. The van der Waals surface area contributed by atoms with Crippen LogP contribution in [-0.4, -0.2) is 37.2 Å². The van der Waals surface area contributed by atoms with Crippen LogP contribution in [-0.2, 0) is 21.2 Å². The molecule has 2 heterocycles. The van der Waals surface area contributed by atoms with E-state index in [1.807, 2.05) is 30.3 Å². The molecule has 0 bridgehead atoms. The van der Waals surface area contributed by atoms with Gasteiger partial charge in [-0.3, -0.25) is 14.7 Å². The third kappa shape index (κ3) is 5.58. The first-order valence-corrected chi connectivity index (χ1v) is 13.2. The molecule has 0 unspecified atom stereocenters. The summed E-state index contributed by atoms with van der Waals surface area (Å²) in [6.07, 6.45) is 1.47. The molecule has 0 aliphatic heterocycles. The lowest BCUT2D eigenvalue weighted by atomic mass is 10.3. The van der Waals surface area contributed by atoms with Crippen molar-refractivity contribution >= 4 is 58.4 Å². The first kappa shape index (κ1) is 23.3. The smallest absolute Gasteiger partial charge is 0.230 e. The van der Waals surface area contributed by atoms with Crippen molar-refractivity contribution in [3.05, 3.63) is 77.0 Å². The number of hydrogen-bond acceptors (Lipinski definition) is 7. The van der Waals surface area contributed by atoms with E-state index in [1.54, 1.807) is 24.4 Å². The van der Waals surface area contributed by atoms with E-state index in [4.69, 9.17) is 4.74 Å². The molecule has 0 spiro atoms. The number of nitrogens with zero attached hydrogens (tertiary/aromatic N) is 3. The Balaban J connectivity index is 1.58. The van der Waals surface area contributed by atoms with Gasteiger partial charge in [0.25, 0.3) is 0 Å². The van der Waals surface area contributed by atoms with Crippen LogP contribution in [0.3, 0.4) is 0 Å². The van der Waals surface area contributed by atoms with Crippen molar-refractivity contribution in [1.82, 2.24) is 9.97 Å². The highest BCUT2D eigenvalue weighted by atomic mass is 79.9. The number of anilines is 1. The Morgan fingerprint density at radius 2 is 1.91 bits per heavy atom. The van der Waals surface area contributed by atoms with Gasteiger partial charge in [-0.15, -0.1) is 0 Å². The summed E-state index contributed by atoms with van der Waals surface area (Å²) >= 11 is 4.83. The lowest BCUT2D eigenvalue weighted by Crippen LogP contribution is -2.32. The van der Waals surface area contributed by atoms with Crippen molar-refractivity contribution in [2.24, 2.45) is 0 Å². The van der Waals surface area contributed by atoms with E-state index in [2.05, 4.69) is 25.9 Å². The molecule has 170 valence electrons.